The summed E-state index contributed by atoms with van der Waals surface area (Å²) in [6.45, 7) is 5.32. The Morgan fingerprint density at radius 1 is 1.26 bits per heavy atom. The molecule has 1 amide bonds. The Hall–Kier alpha value is -1.51. The Kier molecular flexibility index (Phi) is 4.83. The molecule has 1 aliphatic carbocycles. The molecule has 0 saturated heterocycles. The molecule has 0 bridgehead atoms. The van der Waals surface area contributed by atoms with Crippen molar-refractivity contribution in [2.75, 3.05) is 11.9 Å². The second kappa shape index (κ2) is 6.60. The third-order valence-electron chi connectivity index (χ3n) is 3.90. The van der Waals surface area contributed by atoms with Crippen LogP contribution >= 0.6 is 0 Å². The van der Waals surface area contributed by atoms with Crippen molar-refractivity contribution in [3.05, 3.63) is 29.8 Å². The van der Waals surface area contributed by atoms with Crippen LogP contribution in [-0.2, 0) is 0 Å². The van der Waals surface area contributed by atoms with Gasteiger partial charge < -0.3 is 10.6 Å². The third-order valence-corrected chi connectivity index (χ3v) is 3.90. The van der Waals surface area contributed by atoms with Crippen molar-refractivity contribution < 1.29 is 4.79 Å². The van der Waals surface area contributed by atoms with Gasteiger partial charge in [0, 0.05) is 23.8 Å². The Morgan fingerprint density at radius 2 is 2.00 bits per heavy atom. The van der Waals surface area contributed by atoms with Crippen LogP contribution in [0.4, 0.5) is 5.69 Å². The van der Waals surface area contributed by atoms with Crippen LogP contribution in [-0.4, -0.2) is 18.5 Å². The van der Waals surface area contributed by atoms with Gasteiger partial charge in [-0.05, 0) is 49.4 Å². The molecule has 0 aliphatic heterocycles. The van der Waals surface area contributed by atoms with Crippen LogP contribution in [0.25, 0.3) is 0 Å². The number of hydrogen-bond acceptors (Lipinski definition) is 2. The average molecular weight is 260 g/mol. The van der Waals surface area contributed by atoms with E-state index in [0.29, 0.717) is 12.0 Å². The summed E-state index contributed by atoms with van der Waals surface area (Å²) in [6.07, 6.45) is 4.67. The van der Waals surface area contributed by atoms with Gasteiger partial charge in [-0.3, -0.25) is 4.79 Å². The maximum absolute atomic E-state index is 12.1. The molecule has 0 heterocycles. The van der Waals surface area contributed by atoms with Gasteiger partial charge in [0.2, 0.25) is 0 Å². The molecule has 3 nitrogen and oxygen atoms in total. The first-order valence-electron chi connectivity index (χ1n) is 7.35. The molecule has 3 heteroatoms. The van der Waals surface area contributed by atoms with E-state index in [9.17, 15) is 4.79 Å². The molecular weight excluding hydrogens is 236 g/mol. The van der Waals surface area contributed by atoms with Crippen LogP contribution in [0.5, 0.6) is 0 Å². The molecule has 2 atom stereocenters. The molecular formula is C16H24N2O. The van der Waals surface area contributed by atoms with Crippen molar-refractivity contribution in [1.29, 1.82) is 0 Å². The van der Waals surface area contributed by atoms with Gasteiger partial charge in [-0.1, -0.05) is 20.3 Å². The van der Waals surface area contributed by atoms with E-state index in [1.165, 1.54) is 12.8 Å². The fraction of sp³-hybridized carbons (Fsp3) is 0.562. The summed E-state index contributed by atoms with van der Waals surface area (Å²) in [6, 6.07) is 8.09. The molecule has 2 unspecified atom stereocenters. The van der Waals surface area contributed by atoms with E-state index < -0.39 is 0 Å². The summed E-state index contributed by atoms with van der Waals surface area (Å²) in [5.74, 6) is 0.662. The van der Waals surface area contributed by atoms with Crippen molar-refractivity contribution in [2.45, 2.75) is 45.6 Å². The molecule has 104 valence electrons. The number of rotatable bonds is 5. The lowest BCUT2D eigenvalue weighted by Crippen LogP contribution is -2.36. The predicted octanol–water partition coefficient (Wildman–Crippen LogP) is 3.43. The third kappa shape index (κ3) is 3.72. The van der Waals surface area contributed by atoms with E-state index in [-0.39, 0.29) is 5.91 Å². The van der Waals surface area contributed by atoms with Gasteiger partial charge in [0.15, 0.2) is 0 Å². The summed E-state index contributed by atoms with van der Waals surface area (Å²) in [5.41, 5.74) is 1.83. The van der Waals surface area contributed by atoms with E-state index in [1.807, 2.05) is 24.3 Å². The van der Waals surface area contributed by atoms with E-state index >= 15 is 0 Å². The van der Waals surface area contributed by atoms with Gasteiger partial charge in [0.1, 0.15) is 0 Å². The highest BCUT2D eigenvalue weighted by Gasteiger charge is 2.24. The maximum Gasteiger partial charge on any atom is 0.251 e. The topological polar surface area (TPSA) is 41.1 Å². The van der Waals surface area contributed by atoms with E-state index in [1.54, 1.807) is 0 Å². The zero-order valence-corrected chi connectivity index (χ0v) is 11.9. The van der Waals surface area contributed by atoms with Crippen molar-refractivity contribution >= 4 is 11.6 Å². The summed E-state index contributed by atoms with van der Waals surface area (Å²) in [7, 11) is 0. The number of anilines is 1. The van der Waals surface area contributed by atoms with E-state index in [2.05, 4.69) is 24.5 Å². The van der Waals surface area contributed by atoms with E-state index in [4.69, 9.17) is 0 Å². The minimum atomic E-state index is 0.0563. The Balaban J connectivity index is 1.91. The summed E-state index contributed by atoms with van der Waals surface area (Å²) in [4.78, 5) is 12.1. The fourth-order valence-electron chi connectivity index (χ4n) is 2.62. The second-order valence-corrected chi connectivity index (χ2v) is 5.49. The smallest absolute Gasteiger partial charge is 0.251 e. The summed E-state index contributed by atoms with van der Waals surface area (Å²) < 4.78 is 0. The van der Waals surface area contributed by atoms with Crippen molar-refractivity contribution in [2.24, 2.45) is 5.92 Å². The highest BCUT2D eigenvalue weighted by Crippen LogP contribution is 2.25. The first kappa shape index (κ1) is 13.9. The van der Waals surface area contributed by atoms with Crippen molar-refractivity contribution in [3.8, 4) is 0 Å². The standard InChI is InChI=1S/C16H24N2O/c1-3-11-17-14-9-7-13(8-10-14)16(19)18-15-6-4-5-12(15)2/h7-10,12,15,17H,3-6,11H2,1-2H3,(H,18,19). The molecule has 19 heavy (non-hydrogen) atoms. The van der Waals surface area contributed by atoms with Gasteiger partial charge >= 0.3 is 0 Å². The molecule has 2 rings (SSSR count). The number of nitrogens with one attached hydrogen (secondary N) is 2. The molecule has 1 fully saturated rings. The van der Waals surface area contributed by atoms with Gasteiger partial charge in [-0.2, -0.15) is 0 Å². The van der Waals surface area contributed by atoms with Crippen molar-refractivity contribution in [1.82, 2.24) is 5.32 Å². The number of hydrogen-bond donors (Lipinski definition) is 2. The van der Waals surface area contributed by atoms with Crippen LogP contribution in [0.3, 0.4) is 0 Å². The highest BCUT2D eigenvalue weighted by molar-refractivity contribution is 5.94. The summed E-state index contributed by atoms with van der Waals surface area (Å²) >= 11 is 0. The molecule has 1 aromatic carbocycles. The highest BCUT2D eigenvalue weighted by atomic mass is 16.1. The average Bonchev–Trinajstić information content (AvgIpc) is 2.82. The fourth-order valence-corrected chi connectivity index (χ4v) is 2.62. The maximum atomic E-state index is 12.1. The Morgan fingerprint density at radius 3 is 2.58 bits per heavy atom. The lowest BCUT2D eigenvalue weighted by atomic mass is 10.1. The number of carbonyl (C=O) groups excluding carboxylic acids is 1. The largest absolute Gasteiger partial charge is 0.385 e. The van der Waals surface area contributed by atoms with Crippen molar-refractivity contribution in [3.63, 3.8) is 0 Å². The molecule has 1 aromatic rings. The van der Waals surface area contributed by atoms with Crippen LogP contribution < -0.4 is 10.6 Å². The zero-order chi connectivity index (χ0) is 13.7. The first-order valence-corrected chi connectivity index (χ1v) is 7.35. The van der Waals surface area contributed by atoms with E-state index in [0.717, 1.165) is 30.6 Å². The SMILES string of the molecule is CCCNc1ccc(C(=O)NC2CCCC2C)cc1. The van der Waals surface area contributed by atoms with Gasteiger partial charge in [0.05, 0.1) is 0 Å². The van der Waals surface area contributed by atoms with Crippen LogP contribution in [0, 0.1) is 5.92 Å². The Labute approximate surface area is 115 Å². The number of carbonyl (C=O) groups is 1. The summed E-state index contributed by atoms with van der Waals surface area (Å²) in [5, 5.41) is 6.46. The molecule has 0 spiro atoms. The number of benzene rings is 1. The van der Waals surface area contributed by atoms with Crippen LogP contribution in [0.1, 0.15) is 49.9 Å². The lowest BCUT2D eigenvalue weighted by Gasteiger charge is -2.17. The number of amides is 1. The predicted molar refractivity (Wildman–Crippen MR) is 79.5 cm³/mol. The minimum absolute atomic E-state index is 0.0563. The van der Waals surface area contributed by atoms with Gasteiger partial charge in [-0.25, -0.2) is 0 Å². The van der Waals surface area contributed by atoms with Gasteiger partial charge in [0.25, 0.3) is 5.91 Å². The normalized spacial score (nSPS) is 22.2. The Bertz CT molecular complexity index is 413. The molecule has 0 aromatic heterocycles. The van der Waals surface area contributed by atoms with Crippen LogP contribution in [0.15, 0.2) is 24.3 Å². The monoisotopic (exact) mass is 260 g/mol. The minimum Gasteiger partial charge on any atom is -0.385 e. The second-order valence-electron chi connectivity index (χ2n) is 5.49. The molecule has 1 saturated carbocycles. The van der Waals surface area contributed by atoms with Crippen LogP contribution in [0.2, 0.25) is 0 Å². The van der Waals surface area contributed by atoms with Gasteiger partial charge in [-0.15, -0.1) is 0 Å². The molecule has 1 aliphatic rings. The first-order chi connectivity index (χ1) is 9.20. The lowest BCUT2D eigenvalue weighted by molar-refractivity contribution is 0.0929. The molecule has 2 N–H and O–H groups in total. The zero-order valence-electron chi connectivity index (χ0n) is 11.9. The quantitative estimate of drug-likeness (QED) is 0.851. The molecule has 0 radical (unpaired) electrons.